The fourth-order valence-corrected chi connectivity index (χ4v) is 2.84. The molecule has 0 bridgehead atoms. The van der Waals surface area contributed by atoms with Gasteiger partial charge in [-0.2, -0.15) is 13.2 Å². The van der Waals surface area contributed by atoms with Crippen molar-refractivity contribution in [2.45, 2.75) is 45.9 Å². The summed E-state index contributed by atoms with van der Waals surface area (Å²) in [6.07, 6.45) is -4.35. The van der Waals surface area contributed by atoms with Crippen LogP contribution < -0.4 is 5.32 Å². The van der Waals surface area contributed by atoms with E-state index in [0.717, 1.165) is 9.26 Å². The maximum atomic E-state index is 12.1. The molecule has 0 saturated carbocycles. The second-order valence-electron chi connectivity index (χ2n) is 5.54. The minimum atomic E-state index is -4.35. The molecule has 1 heterocycles. The van der Waals surface area contributed by atoms with Crippen LogP contribution in [0.2, 0.25) is 0 Å². The Balaban J connectivity index is 3.01. The van der Waals surface area contributed by atoms with E-state index in [-0.39, 0.29) is 17.8 Å². The number of rotatable bonds is 5. The lowest BCUT2D eigenvalue weighted by Gasteiger charge is -2.22. The molecule has 0 aromatic carbocycles. The van der Waals surface area contributed by atoms with Crippen LogP contribution in [0.4, 0.5) is 19.0 Å². The molecule has 0 aliphatic rings. The summed E-state index contributed by atoms with van der Waals surface area (Å²) in [4.78, 5) is 8.59. The van der Waals surface area contributed by atoms with Gasteiger partial charge >= 0.3 is 6.18 Å². The number of ether oxygens (including phenoxy) is 1. The van der Waals surface area contributed by atoms with Crippen molar-refractivity contribution in [3.63, 3.8) is 0 Å². The first-order valence-corrected chi connectivity index (χ1v) is 7.57. The van der Waals surface area contributed by atoms with Crippen LogP contribution in [0.3, 0.4) is 0 Å². The highest BCUT2D eigenvalue weighted by atomic mass is 127. The Labute approximate surface area is 136 Å². The Morgan fingerprint density at radius 3 is 2.29 bits per heavy atom. The molecule has 4 nitrogen and oxygen atoms in total. The molecule has 0 atom stereocenters. The molecule has 0 aliphatic carbocycles. The fourth-order valence-electron chi connectivity index (χ4n) is 1.60. The quantitative estimate of drug-likeness (QED) is 0.739. The Hall–Kier alpha value is -0.640. The van der Waals surface area contributed by atoms with Gasteiger partial charge in [0.1, 0.15) is 19.0 Å². The summed E-state index contributed by atoms with van der Waals surface area (Å²) in [6.45, 7) is 7.00. The average molecular weight is 417 g/mol. The van der Waals surface area contributed by atoms with Crippen LogP contribution in [0.5, 0.6) is 0 Å². The molecule has 8 heteroatoms. The normalized spacial score (nSPS) is 12.6. The molecule has 1 aromatic rings. The molecule has 0 radical (unpaired) electrons. The van der Waals surface area contributed by atoms with Gasteiger partial charge in [0, 0.05) is 12.0 Å². The zero-order valence-electron chi connectivity index (χ0n) is 12.4. The molecule has 0 saturated heterocycles. The van der Waals surface area contributed by atoms with Gasteiger partial charge in [0.15, 0.2) is 5.82 Å². The molecule has 120 valence electrons. The van der Waals surface area contributed by atoms with Crippen LogP contribution in [0.1, 0.15) is 39.2 Å². The highest BCUT2D eigenvalue weighted by Gasteiger charge is 2.28. The number of anilines is 1. The Kier molecular flexibility index (Phi) is 6.21. The van der Waals surface area contributed by atoms with E-state index in [1.807, 2.05) is 27.7 Å². The van der Waals surface area contributed by atoms with E-state index in [4.69, 9.17) is 0 Å². The van der Waals surface area contributed by atoms with Crippen LogP contribution in [0, 0.1) is 3.57 Å². The van der Waals surface area contributed by atoms with E-state index >= 15 is 0 Å². The maximum Gasteiger partial charge on any atom is 0.411 e. The molecular weight excluding hydrogens is 398 g/mol. The van der Waals surface area contributed by atoms with Gasteiger partial charge in [-0.15, -0.1) is 0 Å². The van der Waals surface area contributed by atoms with E-state index < -0.39 is 12.8 Å². The summed E-state index contributed by atoms with van der Waals surface area (Å²) in [5.74, 6) is 0.879. The molecule has 1 N–H and O–H groups in total. The zero-order chi connectivity index (χ0) is 16.3. The average Bonchev–Trinajstić information content (AvgIpc) is 2.30. The summed E-state index contributed by atoms with van der Waals surface area (Å²) >= 11 is 2.15. The van der Waals surface area contributed by atoms with Crippen molar-refractivity contribution in [2.75, 3.05) is 18.5 Å². The summed E-state index contributed by atoms with van der Waals surface area (Å²) in [6, 6.07) is 0. The molecule has 1 rings (SSSR count). The van der Waals surface area contributed by atoms with Crippen molar-refractivity contribution in [3.8, 4) is 0 Å². The number of nitrogens with zero attached hydrogens (tertiary/aromatic N) is 2. The predicted octanol–water partition coefficient (Wildman–Crippen LogP) is 3.89. The van der Waals surface area contributed by atoms with E-state index in [0.29, 0.717) is 12.4 Å². The van der Waals surface area contributed by atoms with Crippen molar-refractivity contribution in [2.24, 2.45) is 0 Å². The van der Waals surface area contributed by atoms with Crippen molar-refractivity contribution in [3.05, 3.63) is 15.1 Å². The monoisotopic (exact) mass is 417 g/mol. The maximum absolute atomic E-state index is 12.1. The second kappa shape index (κ2) is 7.08. The first-order valence-electron chi connectivity index (χ1n) is 6.50. The van der Waals surface area contributed by atoms with Gasteiger partial charge in [0.25, 0.3) is 0 Å². The van der Waals surface area contributed by atoms with Crippen molar-refractivity contribution in [1.29, 1.82) is 0 Å². The van der Waals surface area contributed by atoms with Crippen LogP contribution >= 0.6 is 22.6 Å². The van der Waals surface area contributed by atoms with Gasteiger partial charge in [-0.3, -0.25) is 0 Å². The first-order chi connectivity index (χ1) is 9.54. The van der Waals surface area contributed by atoms with E-state index in [2.05, 4.69) is 42.6 Å². The molecule has 0 aliphatic heterocycles. The zero-order valence-corrected chi connectivity index (χ0v) is 14.6. The molecule has 0 fully saturated rings. The fraction of sp³-hybridized carbons (Fsp3) is 0.692. The minimum absolute atomic E-state index is 0.234. The number of hydrogen-bond acceptors (Lipinski definition) is 4. The number of hydrogen-bond donors (Lipinski definition) is 1. The number of halogens is 4. The van der Waals surface area contributed by atoms with Gasteiger partial charge in [-0.25, -0.2) is 9.97 Å². The van der Waals surface area contributed by atoms with Crippen LogP contribution in [-0.2, 0) is 16.8 Å². The number of nitrogens with one attached hydrogen (secondary N) is 1. The molecule has 21 heavy (non-hydrogen) atoms. The Morgan fingerprint density at radius 1 is 1.19 bits per heavy atom. The second-order valence-corrected chi connectivity index (χ2v) is 6.62. The third-order valence-corrected chi connectivity index (χ3v) is 3.47. The summed E-state index contributed by atoms with van der Waals surface area (Å²) < 4.78 is 41.9. The summed E-state index contributed by atoms with van der Waals surface area (Å²) in [7, 11) is 0. The SMILES string of the molecule is CCNc1nc(COCC(F)(F)F)nc(C(C)(C)C)c1I. The van der Waals surface area contributed by atoms with Gasteiger partial charge in [-0.1, -0.05) is 20.8 Å². The predicted molar refractivity (Wildman–Crippen MR) is 83.3 cm³/mol. The third-order valence-electron chi connectivity index (χ3n) is 2.45. The van der Waals surface area contributed by atoms with Gasteiger partial charge in [-0.05, 0) is 29.5 Å². The van der Waals surface area contributed by atoms with E-state index in [1.165, 1.54) is 0 Å². The highest BCUT2D eigenvalue weighted by molar-refractivity contribution is 14.1. The Morgan fingerprint density at radius 2 is 1.81 bits per heavy atom. The first kappa shape index (κ1) is 18.4. The largest absolute Gasteiger partial charge is 0.411 e. The molecule has 0 unspecified atom stereocenters. The Bertz CT molecular complexity index is 487. The lowest BCUT2D eigenvalue weighted by atomic mass is 9.92. The molecule has 1 aromatic heterocycles. The summed E-state index contributed by atoms with van der Waals surface area (Å²) in [5.41, 5.74) is 0.558. The van der Waals surface area contributed by atoms with Gasteiger partial charge in [0.05, 0.1) is 9.26 Å². The molecule has 0 amide bonds. The van der Waals surface area contributed by atoms with Crippen LogP contribution in [0.15, 0.2) is 0 Å². The smallest absolute Gasteiger partial charge is 0.369 e. The van der Waals surface area contributed by atoms with Crippen molar-refractivity contribution >= 4 is 28.4 Å². The number of alkyl halides is 3. The van der Waals surface area contributed by atoms with Gasteiger partial charge in [0.2, 0.25) is 0 Å². The van der Waals surface area contributed by atoms with Crippen molar-refractivity contribution in [1.82, 2.24) is 9.97 Å². The lowest BCUT2D eigenvalue weighted by molar-refractivity contribution is -0.177. The van der Waals surface area contributed by atoms with Crippen molar-refractivity contribution < 1.29 is 17.9 Å². The van der Waals surface area contributed by atoms with E-state index in [1.54, 1.807) is 0 Å². The number of aromatic nitrogens is 2. The molecule has 0 spiro atoms. The third kappa shape index (κ3) is 5.93. The summed E-state index contributed by atoms with van der Waals surface area (Å²) in [5, 5.41) is 3.10. The van der Waals surface area contributed by atoms with Crippen LogP contribution in [-0.4, -0.2) is 29.3 Å². The van der Waals surface area contributed by atoms with E-state index in [9.17, 15) is 13.2 Å². The van der Waals surface area contributed by atoms with Gasteiger partial charge < -0.3 is 10.1 Å². The standard InChI is InChI=1S/C13H19F3IN3O/c1-5-18-11-9(17)10(12(2,3)4)19-8(20-11)6-21-7-13(14,15)16/h5-7H2,1-4H3,(H,18,19,20). The minimum Gasteiger partial charge on any atom is -0.369 e. The molecular formula is C13H19F3IN3O. The lowest BCUT2D eigenvalue weighted by Crippen LogP contribution is -2.21. The highest BCUT2D eigenvalue weighted by Crippen LogP contribution is 2.29. The van der Waals surface area contributed by atoms with Crippen LogP contribution in [0.25, 0.3) is 0 Å². The topological polar surface area (TPSA) is 47.0 Å².